The summed E-state index contributed by atoms with van der Waals surface area (Å²) in [5.74, 6) is 0.765. The minimum Gasteiger partial charge on any atom is -0.467 e. The molecule has 0 unspecified atom stereocenters. The number of ether oxygens (including phenoxy) is 1. The Balaban J connectivity index is 1.56. The summed E-state index contributed by atoms with van der Waals surface area (Å²) in [6, 6.07) is 11.8. The molecule has 1 aromatic heterocycles. The van der Waals surface area contributed by atoms with Crippen molar-refractivity contribution in [1.82, 2.24) is 9.91 Å². The van der Waals surface area contributed by atoms with E-state index in [0.29, 0.717) is 26.2 Å². The number of rotatable bonds is 4. The number of benzene rings is 1. The van der Waals surface area contributed by atoms with Crippen LogP contribution in [0.5, 0.6) is 0 Å². The number of hydrogen-bond donors (Lipinski definition) is 0. The lowest BCUT2D eigenvalue weighted by molar-refractivity contribution is -0.135. The van der Waals surface area contributed by atoms with Gasteiger partial charge < -0.3 is 9.15 Å². The Kier molecular flexibility index (Phi) is 4.86. The second-order valence-corrected chi connectivity index (χ2v) is 6.77. The van der Waals surface area contributed by atoms with E-state index in [1.54, 1.807) is 11.3 Å². The van der Waals surface area contributed by atoms with Gasteiger partial charge in [-0.3, -0.25) is 9.69 Å². The molecule has 0 spiro atoms. The van der Waals surface area contributed by atoms with Crippen molar-refractivity contribution in [2.24, 2.45) is 5.10 Å². The van der Waals surface area contributed by atoms with E-state index in [-0.39, 0.29) is 11.9 Å². The number of hydrazone groups is 1. The van der Waals surface area contributed by atoms with Gasteiger partial charge in [-0.2, -0.15) is 5.10 Å². The fourth-order valence-corrected chi connectivity index (χ4v) is 3.39. The summed E-state index contributed by atoms with van der Waals surface area (Å²) in [4.78, 5) is 15.1. The molecule has 1 saturated heterocycles. The molecule has 1 fully saturated rings. The maximum absolute atomic E-state index is 12.9. The first kappa shape index (κ1) is 17.0. The average molecular weight is 353 g/mol. The summed E-state index contributed by atoms with van der Waals surface area (Å²) in [5.41, 5.74) is 3.17. The molecular weight excluding hydrogens is 330 g/mol. The lowest BCUT2D eigenvalue weighted by Gasteiger charge is -2.28. The highest BCUT2D eigenvalue weighted by molar-refractivity contribution is 6.03. The van der Waals surface area contributed by atoms with Crippen molar-refractivity contribution in [3.05, 3.63) is 59.5 Å². The van der Waals surface area contributed by atoms with Gasteiger partial charge in [0.1, 0.15) is 11.8 Å². The Hall–Kier alpha value is -2.44. The molecule has 2 aromatic rings. The molecule has 1 aromatic carbocycles. The number of carbonyl (C=O) groups excluding carboxylic acids is 1. The highest BCUT2D eigenvalue weighted by Gasteiger charge is 2.35. The molecule has 2 aliphatic heterocycles. The van der Waals surface area contributed by atoms with Crippen LogP contribution >= 0.6 is 0 Å². The molecule has 136 valence electrons. The van der Waals surface area contributed by atoms with E-state index in [1.165, 1.54) is 5.56 Å². The number of amides is 1. The van der Waals surface area contributed by atoms with Gasteiger partial charge in [0.05, 0.1) is 31.7 Å². The van der Waals surface area contributed by atoms with Gasteiger partial charge in [-0.05, 0) is 24.6 Å². The van der Waals surface area contributed by atoms with Crippen LogP contribution in [0.1, 0.15) is 29.3 Å². The second-order valence-electron chi connectivity index (χ2n) is 6.77. The molecule has 0 radical (unpaired) electrons. The van der Waals surface area contributed by atoms with E-state index in [0.717, 1.165) is 30.1 Å². The van der Waals surface area contributed by atoms with E-state index >= 15 is 0 Å². The lowest BCUT2D eigenvalue weighted by atomic mass is 10.0. The standard InChI is InChI=1S/C20H23N3O3/c1-15-4-6-16(7-5-15)17-13-18(19-3-2-10-26-19)23(21-17)20(24)14-22-8-11-25-12-9-22/h2-7,10,18H,8-9,11-14H2,1H3/t18-/m1/s1. The Bertz CT molecular complexity index is 777. The molecule has 26 heavy (non-hydrogen) atoms. The highest BCUT2D eigenvalue weighted by Crippen LogP contribution is 2.33. The van der Waals surface area contributed by atoms with Crippen LogP contribution in [0, 0.1) is 6.92 Å². The van der Waals surface area contributed by atoms with Gasteiger partial charge in [0.2, 0.25) is 0 Å². The monoisotopic (exact) mass is 353 g/mol. The average Bonchev–Trinajstić information content (AvgIpc) is 3.33. The minimum absolute atomic E-state index is 0.00425. The van der Waals surface area contributed by atoms with Gasteiger partial charge in [0.15, 0.2) is 0 Å². The zero-order valence-electron chi connectivity index (χ0n) is 14.9. The molecule has 1 atom stereocenters. The Morgan fingerprint density at radius 1 is 1.19 bits per heavy atom. The first-order chi connectivity index (χ1) is 12.7. The quantitative estimate of drug-likeness (QED) is 0.848. The number of morpholine rings is 1. The summed E-state index contributed by atoms with van der Waals surface area (Å²) >= 11 is 0. The van der Waals surface area contributed by atoms with Crippen molar-refractivity contribution in [2.75, 3.05) is 32.8 Å². The number of nitrogens with zero attached hydrogens (tertiary/aromatic N) is 3. The number of furan rings is 1. The van der Waals surface area contributed by atoms with Crippen LogP contribution < -0.4 is 0 Å². The van der Waals surface area contributed by atoms with Gasteiger partial charge in [-0.25, -0.2) is 5.01 Å². The van der Waals surface area contributed by atoms with Crippen LogP contribution in [0.15, 0.2) is 52.2 Å². The zero-order chi connectivity index (χ0) is 17.9. The largest absolute Gasteiger partial charge is 0.467 e. The SMILES string of the molecule is Cc1ccc(C2=NN(C(=O)CN3CCOCC3)[C@@H](c3ccco3)C2)cc1. The van der Waals surface area contributed by atoms with Gasteiger partial charge in [-0.1, -0.05) is 29.8 Å². The summed E-state index contributed by atoms with van der Waals surface area (Å²) in [7, 11) is 0. The summed E-state index contributed by atoms with van der Waals surface area (Å²) in [5, 5.41) is 6.27. The molecule has 0 N–H and O–H groups in total. The zero-order valence-corrected chi connectivity index (χ0v) is 14.9. The van der Waals surface area contributed by atoms with Crippen LogP contribution in [0.25, 0.3) is 0 Å². The van der Waals surface area contributed by atoms with Crippen molar-refractivity contribution >= 4 is 11.6 Å². The highest BCUT2D eigenvalue weighted by atomic mass is 16.5. The molecule has 0 saturated carbocycles. The lowest BCUT2D eigenvalue weighted by Crippen LogP contribution is -2.43. The molecule has 0 aliphatic carbocycles. The molecule has 3 heterocycles. The molecule has 6 nitrogen and oxygen atoms in total. The Labute approximate surface area is 153 Å². The summed E-state index contributed by atoms with van der Waals surface area (Å²) in [6.45, 7) is 5.31. The first-order valence-corrected chi connectivity index (χ1v) is 9.01. The van der Waals surface area contributed by atoms with Crippen LogP contribution in [0.3, 0.4) is 0 Å². The Morgan fingerprint density at radius 3 is 2.65 bits per heavy atom. The molecule has 2 aliphatic rings. The molecule has 4 rings (SSSR count). The van der Waals surface area contributed by atoms with E-state index < -0.39 is 0 Å². The predicted octanol–water partition coefficient (Wildman–Crippen LogP) is 2.60. The van der Waals surface area contributed by atoms with E-state index in [9.17, 15) is 4.79 Å². The maximum Gasteiger partial charge on any atom is 0.257 e. The van der Waals surface area contributed by atoms with Crippen molar-refractivity contribution in [2.45, 2.75) is 19.4 Å². The van der Waals surface area contributed by atoms with Crippen LogP contribution in [0.2, 0.25) is 0 Å². The maximum atomic E-state index is 12.9. The number of carbonyl (C=O) groups is 1. The van der Waals surface area contributed by atoms with E-state index in [4.69, 9.17) is 9.15 Å². The summed E-state index contributed by atoms with van der Waals surface area (Å²) < 4.78 is 11.0. The third-order valence-corrected chi connectivity index (χ3v) is 4.88. The van der Waals surface area contributed by atoms with E-state index in [1.807, 2.05) is 12.1 Å². The third kappa shape index (κ3) is 3.57. The number of hydrogen-bond acceptors (Lipinski definition) is 5. The van der Waals surface area contributed by atoms with E-state index in [2.05, 4.69) is 41.2 Å². The molecule has 6 heteroatoms. The first-order valence-electron chi connectivity index (χ1n) is 9.01. The summed E-state index contributed by atoms with van der Waals surface area (Å²) in [6.07, 6.45) is 2.30. The normalized spacial score (nSPS) is 21.0. The topological polar surface area (TPSA) is 58.3 Å². The van der Waals surface area contributed by atoms with Crippen molar-refractivity contribution in [3.63, 3.8) is 0 Å². The Morgan fingerprint density at radius 2 is 1.96 bits per heavy atom. The van der Waals surface area contributed by atoms with Crippen molar-refractivity contribution in [1.29, 1.82) is 0 Å². The van der Waals surface area contributed by atoms with Crippen LogP contribution in [-0.4, -0.2) is 54.4 Å². The molecule has 0 bridgehead atoms. The smallest absolute Gasteiger partial charge is 0.257 e. The molecule has 1 amide bonds. The minimum atomic E-state index is -0.185. The second kappa shape index (κ2) is 7.43. The van der Waals surface area contributed by atoms with Crippen LogP contribution in [-0.2, 0) is 9.53 Å². The number of aryl methyl sites for hydroxylation is 1. The van der Waals surface area contributed by atoms with Crippen LogP contribution in [0.4, 0.5) is 0 Å². The van der Waals surface area contributed by atoms with Gasteiger partial charge >= 0.3 is 0 Å². The van der Waals surface area contributed by atoms with Crippen molar-refractivity contribution in [3.8, 4) is 0 Å². The fourth-order valence-electron chi connectivity index (χ4n) is 3.39. The third-order valence-electron chi connectivity index (χ3n) is 4.88. The van der Waals surface area contributed by atoms with Gasteiger partial charge in [0.25, 0.3) is 5.91 Å². The van der Waals surface area contributed by atoms with Crippen molar-refractivity contribution < 1.29 is 13.9 Å². The predicted molar refractivity (Wildman–Crippen MR) is 97.9 cm³/mol. The van der Waals surface area contributed by atoms with Gasteiger partial charge in [-0.15, -0.1) is 0 Å². The molecular formula is C20H23N3O3. The van der Waals surface area contributed by atoms with Gasteiger partial charge in [0, 0.05) is 19.5 Å². The fraction of sp³-hybridized carbons (Fsp3) is 0.400.